The fourth-order valence-corrected chi connectivity index (χ4v) is 1.55. The third-order valence-electron chi connectivity index (χ3n) is 2.48. The second-order valence-corrected chi connectivity index (χ2v) is 5.00. The molecular weight excluding hydrogens is 198 g/mol. The van der Waals surface area contributed by atoms with Gasteiger partial charge >= 0.3 is 0 Å². The van der Waals surface area contributed by atoms with E-state index in [-0.39, 0.29) is 5.54 Å². The minimum atomic E-state index is 0.0521. The van der Waals surface area contributed by atoms with Gasteiger partial charge in [-0.3, -0.25) is 9.67 Å². The van der Waals surface area contributed by atoms with E-state index in [1.165, 1.54) is 11.1 Å². The van der Waals surface area contributed by atoms with Gasteiger partial charge in [0.05, 0.1) is 11.7 Å². The van der Waals surface area contributed by atoms with Crippen molar-refractivity contribution in [3.05, 3.63) is 48.0 Å². The Labute approximate surface area is 96.1 Å². The largest absolute Gasteiger partial charge is 0.267 e. The van der Waals surface area contributed by atoms with Crippen LogP contribution in [0.1, 0.15) is 31.9 Å². The van der Waals surface area contributed by atoms with E-state index in [2.05, 4.69) is 37.1 Å². The Balaban J connectivity index is 2.15. The molecule has 0 radical (unpaired) electrons. The summed E-state index contributed by atoms with van der Waals surface area (Å²) >= 11 is 0. The van der Waals surface area contributed by atoms with E-state index in [1.807, 2.05) is 35.4 Å². The molecule has 0 amide bonds. The zero-order valence-electron chi connectivity index (χ0n) is 10.0. The summed E-state index contributed by atoms with van der Waals surface area (Å²) in [5, 5.41) is 4.38. The number of hydrogen-bond donors (Lipinski definition) is 0. The van der Waals surface area contributed by atoms with Crippen molar-refractivity contribution in [1.82, 2.24) is 14.8 Å². The molecular formula is C13H17N3. The Morgan fingerprint density at radius 1 is 1.12 bits per heavy atom. The van der Waals surface area contributed by atoms with Crippen LogP contribution in [0.25, 0.3) is 0 Å². The standard InChI is InChI=1S/C13H17N3/c1-13(2,3)16-10-12(9-15-16)8-11-4-6-14-7-5-11/h4-7,9-10H,8H2,1-3H3. The molecule has 0 aliphatic rings. The zero-order valence-corrected chi connectivity index (χ0v) is 10.0. The summed E-state index contributed by atoms with van der Waals surface area (Å²) in [6, 6.07) is 4.07. The maximum absolute atomic E-state index is 4.38. The molecule has 3 heteroatoms. The molecule has 0 saturated heterocycles. The summed E-state index contributed by atoms with van der Waals surface area (Å²) in [7, 11) is 0. The molecule has 2 aromatic rings. The normalized spacial score (nSPS) is 11.7. The lowest BCUT2D eigenvalue weighted by Gasteiger charge is -2.18. The van der Waals surface area contributed by atoms with Crippen molar-refractivity contribution < 1.29 is 0 Å². The van der Waals surface area contributed by atoms with E-state index >= 15 is 0 Å². The molecule has 0 bridgehead atoms. The second kappa shape index (κ2) is 4.08. The highest BCUT2D eigenvalue weighted by molar-refractivity contribution is 5.20. The van der Waals surface area contributed by atoms with E-state index in [4.69, 9.17) is 0 Å². The molecule has 2 rings (SSSR count). The van der Waals surface area contributed by atoms with Crippen molar-refractivity contribution in [2.45, 2.75) is 32.7 Å². The summed E-state index contributed by atoms with van der Waals surface area (Å²) in [5.74, 6) is 0. The fraction of sp³-hybridized carbons (Fsp3) is 0.385. The van der Waals surface area contributed by atoms with Gasteiger partial charge in [0.1, 0.15) is 0 Å². The number of nitrogens with zero attached hydrogens (tertiary/aromatic N) is 3. The summed E-state index contributed by atoms with van der Waals surface area (Å²) < 4.78 is 2.00. The van der Waals surface area contributed by atoms with Crippen LogP contribution in [-0.4, -0.2) is 14.8 Å². The molecule has 0 aromatic carbocycles. The van der Waals surface area contributed by atoms with Crippen LogP contribution in [0.5, 0.6) is 0 Å². The Bertz CT molecular complexity index is 452. The van der Waals surface area contributed by atoms with Crippen molar-refractivity contribution >= 4 is 0 Å². The highest BCUT2D eigenvalue weighted by Gasteiger charge is 2.13. The number of pyridine rings is 1. The van der Waals surface area contributed by atoms with E-state index in [0.717, 1.165) is 6.42 Å². The van der Waals surface area contributed by atoms with Crippen molar-refractivity contribution in [3.63, 3.8) is 0 Å². The summed E-state index contributed by atoms with van der Waals surface area (Å²) in [4.78, 5) is 4.01. The molecule has 2 heterocycles. The van der Waals surface area contributed by atoms with E-state index in [1.54, 1.807) is 0 Å². The third kappa shape index (κ3) is 2.48. The predicted octanol–water partition coefficient (Wildman–Crippen LogP) is 2.62. The van der Waals surface area contributed by atoms with Gasteiger partial charge in [0.25, 0.3) is 0 Å². The topological polar surface area (TPSA) is 30.7 Å². The van der Waals surface area contributed by atoms with Crippen LogP contribution >= 0.6 is 0 Å². The predicted molar refractivity (Wildman–Crippen MR) is 64.3 cm³/mol. The van der Waals surface area contributed by atoms with Gasteiger partial charge in [-0.25, -0.2) is 0 Å². The highest BCUT2D eigenvalue weighted by Crippen LogP contribution is 2.15. The Kier molecular flexibility index (Phi) is 2.77. The number of hydrogen-bond acceptors (Lipinski definition) is 2. The van der Waals surface area contributed by atoms with Crippen LogP contribution in [-0.2, 0) is 12.0 Å². The lowest BCUT2D eigenvalue weighted by Crippen LogP contribution is -2.21. The molecule has 3 nitrogen and oxygen atoms in total. The Morgan fingerprint density at radius 3 is 2.38 bits per heavy atom. The first-order valence-corrected chi connectivity index (χ1v) is 5.48. The molecule has 0 saturated carbocycles. The van der Waals surface area contributed by atoms with Gasteiger partial charge in [0.2, 0.25) is 0 Å². The Morgan fingerprint density at radius 2 is 1.81 bits per heavy atom. The van der Waals surface area contributed by atoms with Crippen LogP contribution < -0.4 is 0 Å². The van der Waals surface area contributed by atoms with Crippen LogP contribution in [0.3, 0.4) is 0 Å². The molecule has 2 aromatic heterocycles. The average molecular weight is 215 g/mol. The van der Waals surface area contributed by atoms with Gasteiger partial charge in [-0.1, -0.05) is 0 Å². The molecule has 0 N–H and O–H groups in total. The van der Waals surface area contributed by atoms with E-state index in [0.29, 0.717) is 0 Å². The highest BCUT2D eigenvalue weighted by atomic mass is 15.3. The van der Waals surface area contributed by atoms with Crippen LogP contribution in [0.4, 0.5) is 0 Å². The van der Waals surface area contributed by atoms with Gasteiger partial charge in [0.15, 0.2) is 0 Å². The van der Waals surface area contributed by atoms with Crippen LogP contribution in [0, 0.1) is 0 Å². The van der Waals surface area contributed by atoms with Gasteiger partial charge in [-0.15, -0.1) is 0 Å². The van der Waals surface area contributed by atoms with Crippen LogP contribution in [0.2, 0.25) is 0 Å². The number of aromatic nitrogens is 3. The third-order valence-corrected chi connectivity index (χ3v) is 2.48. The van der Waals surface area contributed by atoms with Crippen LogP contribution in [0.15, 0.2) is 36.9 Å². The van der Waals surface area contributed by atoms with Gasteiger partial charge in [0, 0.05) is 25.0 Å². The average Bonchev–Trinajstić information content (AvgIpc) is 2.67. The van der Waals surface area contributed by atoms with Gasteiger partial charge in [-0.2, -0.15) is 5.10 Å². The SMILES string of the molecule is CC(C)(C)n1cc(Cc2ccncc2)cn1. The second-order valence-electron chi connectivity index (χ2n) is 5.00. The molecule has 0 aliphatic carbocycles. The molecule has 16 heavy (non-hydrogen) atoms. The molecule has 84 valence electrons. The molecule has 0 aliphatic heterocycles. The fourth-order valence-electron chi connectivity index (χ4n) is 1.55. The maximum Gasteiger partial charge on any atom is 0.0543 e. The smallest absolute Gasteiger partial charge is 0.0543 e. The summed E-state index contributed by atoms with van der Waals surface area (Å²) in [5.41, 5.74) is 2.56. The maximum atomic E-state index is 4.38. The zero-order chi connectivity index (χ0) is 11.6. The lowest BCUT2D eigenvalue weighted by molar-refractivity contribution is 0.355. The quantitative estimate of drug-likeness (QED) is 0.771. The van der Waals surface area contributed by atoms with Crippen molar-refractivity contribution in [1.29, 1.82) is 0 Å². The lowest BCUT2D eigenvalue weighted by atomic mass is 10.1. The molecule has 0 fully saturated rings. The molecule has 0 atom stereocenters. The van der Waals surface area contributed by atoms with Crippen molar-refractivity contribution in [2.75, 3.05) is 0 Å². The van der Waals surface area contributed by atoms with E-state index < -0.39 is 0 Å². The van der Waals surface area contributed by atoms with E-state index in [9.17, 15) is 0 Å². The number of rotatable bonds is 2. The minimum Gasteiger partial charge on any atom is -0.267 e. The van der Waals surface area contributed by atoms with Gasteiger partial charge in [-0.05, 0) is 44.0 Å². The van der Waals surface area contributed by atoms with Gasteiger partial charge < -0.3 is 0 Å². The summed E-state index contributed by atoms with van der Waals surface area (Å²) in [6.07, 6.45) is 8.61. The minimum absolute atomic E-state index is 0.0521. The molecule has 0 spiro atoms. The first-order chi connectivity index (χ1) is 7.55. The monoisotopic (exact) mass is 215 g/mol. The Hall–Kier alpha value is -1.64. The molecule has 0 unspecified atom stereocenters. The van der Waals surface area contributed by atoms with Crippen molar-refractivity contribution in [2.24, 2.45) is 0 Å². The van der Waals surface area contributed by atoms with Crippen molar-refractivity contribution in [3.8, 4) is 0 Å². The summed E-state index contributed by atoms with van der Waals surface area (Å²) in [6.45, 7) is 6.45. The first kappa shape index (κ1) is 10.9. The first-order valence-electron chi connectivity index (χ1n) is 5.48.